The summed E-state index contributed by atoms with van der Waals surface area (Å²) < 4.78 is 5.42. The predicted octanol–water partition coefficient (Wildman–Crippen LogP) is 1.48. The Morgan fingerprint density at radius 2 is 2.05 bits per heavy atom. The fraction of sp³-hybridized carbons (Fsp3) is 0.500. The maximum Gasteiger partial charge on any atom is 0.225 e. The summed E-state index contributed by atoms with van der Waals surface area (Å²) in [5.41, 5.74) is 2.28. The van der Waals surface area contributed by atoms with E-state index in [0.717, 1.165) is 24.2 Å². The molecule has 0 unspecified atom stereocenters. The number of hydrogen-bond acceptors (Lipinski definition) is 3. The summed E-state index contributed by atoms with van der Waals surface area (Å²) in [6.45, 7) is 5.47. The van der Waals surface area contributed by atoms with Crippen LogP contribution in [0.1, 0.15) is 18.1 Å². The average molecular weight is 285 g/mol. The average Bonchev–Trinajstić information content (AvgIpc) is 2.32. The fourth-order valence-corrected chi connectivity index (χ4v) is 1.88. The maximum absolute atomic E-state index is 11.7. The molecule has 0 atom stereocenters. The summed E-state index contributed by atoms with van der Waals surface area (Å²) in [5.74, 6) is 0.281. The van der Waals surface area contributed by atoms with Gasteiger partial charge in [0.1, 0.15) is 0 Å². The second-order valence-corrected chi connectivity index (χ2v) is 4.48. The van der Waals surface area contributed by atoms with Crippen LogP contribution in [0.25, 0.3) is 0 Å². The highest BCUT2D eigenvalue weighted by molar-refractivity contribution is 5.85. The molecule has 1 aromatic carbocycles. The molecule has 19 heavy (non-hydrogen) atoms. The predicted molar refractivity (Wildman–Crippen MR) is 77.2 cm³/mol. The largest absolute Gasteiger partial charge is 0.377 e. The quantitative estimate of drug-likeness (QED) is 0.832. The minimum Gasteiger partial charge on any atom is -0.377 e. The van der Waals surface area contributed by atoms with E-state index in [9.17, 15) is 4.79 Å². The van der Waals surface area contributed by atoms with E-state index in [2.05, 4.69) is 10.6 Å². The van der Waals surface area contributed by atoms with Crippen molar-refractivity contribution in [1.82, 2.24) is 10.6 Å². The van der Waals surface area contributed by atoms with Crippen LogP contribution < -0.4 is 10.6 Å². The van der Waals surface area contributed by atoms with Crippen LogP contribution in [0.5, 0.6) is 0 Å². The van der Waals surface area contributed by atoms with Crippen LogP contribution >= 0.6 is 12.4 Å². The van der Waals surface area contributed by atoms with Crippen LogP contribution in [-0.2, 0) is 22.7 Å². The van der Waals surface area contributed by atoms with Gasteiger partial charge in [-0.25, -0.2) is 0 Å². The lowest BCUT2D eigenvalue weighted by atomic mass is 10.0. The summed E-state index contributed by atoms with van der Waals surface area (Å²) in [7, 11) is 0. The Kier molecular flexibility index (Phi) is 6.84. The zero-order valence-electron chi connectivity index (χ0n) is 11.1. The molecule has 0 spiro atoms. The molecule has 0 bridgehead atoms. The van der Waals surface area contributed by atoms with Gasteiger partial charge in [-0.05, 0) is 18.1 Å². The molecular weight excluding hydrogens is 264 g/mol. The maximum atomic E-state index is 11.7. The Bertz CT molecular complexity index is 408. The van der Waals surface area contributed by atoms with Crippen molar-refractivity contribution in [3.8, 4) is 0 Å². The van der Waals surface area contributed by atoms with Gasteiger partial charge in [0.2, 0.25) is 5.91 Å². The van der Waals surface area contributed by atoms with E-state index in [1.54, 1.807) is 0 Å². The topological polar surface area (TPSA) is 50.4 Å². The molecular formula is C14H21ClN2O2. The van der Waals surface area contributed by atoms with Crippen LogP contribution in [0, 0.1) is 5.92 Å². The molecule has 2 rings (SSSR count). The SMILES string of the molecule is CCOCc1ccccc1CNC(=O)C1CNC1.Cl. The number of hydrogen-bond donors (Lipinski definition) is 2. The minimum absolute atomic E-state index is 0. The zero-order chi connectivity index (χ0) is 12.8. The first kappa shape index (κ1) is 16.0. The molecule has 1 fully saturated rings. The van der Waals surface area contributed by atoms with Crippen molar-refractivity contribution in [2.75, 3.05) is 19.7 Å². The van der Waals surface area contributed by atoms with E-state index in [4.69, 9.17) is 4.74 Å². The minimum atomic E-state index is 0. The summed E-state index contributed by atoms with van der Waals surface area (Å²) in [4.78, 5) is 11.7. The molecule has 1 amide bonds. The third kappa shape index (κ3) is 4.49. The van der Waals surface area contributed by atoms with Crippen molar-refractivity contribution in [3.05, 3.63) is 35.4 Å². The van der Waals surface area contributed by atoms with E-state index in [1.165, 1.54) is 0 Å². The molecule has 0 aliphatic carbocycles. The van der Waals surface area contributed by atoms with Gasteiger partial charge in [0, 0.05) is 26.2 Å². The molecule has 1 saturated heterocycles. The first-order valence-electron chi connectivity index (χ1n) is 6.44. The summed E-state index contributed by atoms with van der Waals surface area (Å²) in [5, 5.41) is 6.08. The molecule has 2 N–H and O–H groups in total. The lowest BCUT2D eigenvalue weighted by Crippen LogP contribution is -2.50. The Labute approximate surface area is 120 Å². The first-order valence-corrected chi connectivity index (χ1v) is 6.44. The highest BCUT2D eigenvalue weighted by atomic mass is 35.5. The van der Waals surface area contributed by atoms with E-state index in [1.807, 2.05) is 31.2 Å². The lowest BCUT2D eigenvalue weighted by molar-refractivity contribution is -0.126. The van der Waals surface area contributed by atoms with Gasteiger partial charge >= 0.3 is 0 Å². The summed E-state index contributed by atoms with van der Waals surface area (Å²) >= 11 is 0. The molecule has 4 nitrogen and oxygen atoms in total. The third-order valence-corrected chi connectivity index (χ3v) is 3.19. The van der Waals surface area contributed by atoms with Crippen molar-refractivity contribution in [2.24, 2.45) is 5.92 Å². The smallest absolute Gasteiger partial charge is 0.225 e. The zero-order valence-corrected chi connectivity index (χ0v) is 12.0. The van der Waals surface area contributed by atoms with Crippen molar-refractivity contribution >= 4 is 18.3 Å². The molecule has 5 heteroatoms. The molecule has 106 valence electrons. The van der Waals surface area contributed by atoms with Gasteiger partial charge in [0.25, 0.3) is 0 Å². The fourth-order valence-electron chi connectivity index (χ4n) is 1.88. The Morgan fingerprint density at radius 1 is 1.37 bits per heavy atom. The first-order chi connectivity index (χ1) is 8.81. The van der Waals surface area contributed by atoms with Gasteiger partial charge in [-0.15, -0.1) is 12.4 Å². The monoisotopic (exact) mass is 284 g/mol. The van der Waals surface area contributed by atoms with Crippen LogP contribution in [0.2, 0.25) is 0 Å². The van der Waals surface area contributed by atoms with Crippen molar-refractivity contribution in [2.45, 2.75) is 20.1 Å². The number of halogens is 1. The van der Waals surface area contributed by atoms with E-state index in [0.29, 0.717) is 19.8 Å². The number of benzene rings is 1. The molecule has 0 aromatic heterocycles. The third-order valence-electron chi connectivity index (χ3n) is 3.19. The van der Waals surface area contributed by atoms with Crippen LogP contribution in [0.4, 0.5) is 0 Å². The normalized spacial score (nSPS) is 14.4. The second kappa shape index (κ2) is 8.15. The van der Waals surface area contributed by atoms with E-state index in [-0.39, 0.29) is 24.2 Å². The Balaban J connectivity index is 0.00000180. The van der Waals surface area contributed by atoms with Gasteiger partial charge in [-0.3, -0.25) is 4.79 Å². The van der Waals surface area contributed by atoms with Gasteiger partial charge in [-0.2, -0.15) is 0 Å². The van der Waals surface area contributed by atoms with Gasteiger partial charge in [0.05, 0.1) is 12.5 Å². The number of ether oxygens (including phenoxy) is 1. The second-order valence-electron chi connectivity index (χ2n) is 4.48. The summed E-state index contributed by atoms with van der Waals surface area (Å²) in [6.07, 6.45) is 0. The van der Waals surface area contributed by atoms with Crippen molar-refractivity contribution in [3.63, 3.8) is 0 Å². The van der Waals surface area contributed by atoms with Crippen molar-refractivity contribution in [1.29, 1.82) is 0 Å². The standard InChI is InChI=1S/C14H20N2O2.ClH/c1-2-18-10-12-6-4-3-5-11(12)9-16-14(17)13-7-15-8-13;/h3-6,13,15H,2,7-10H2,1H3,(H,16,17);1H. The van der Waals surface area contributed by atoms with Gasteiger partial charge in [-0.1, -0.05) is 24.3 Å². The van der Waals surface area contributed by atoms with Gasteiger partial charge < -0.3 is 15.4 Å². The number of carbonyl (C=O) groups is 1. The Morgan fingerprint density at radius 3 is 2.63 bits per heavy atom. The highest BCUT2D eigenvalue weighted by Gasteiger charge is 2.24. The molecule has 1 aliphatic rings. The molecule has 0 radical (unpaired) electrons. The van der Waals surface area contributed by atoms with Crippen LogP contribution in [0.3, 0.4) is 0 Å². The van der Waals surface area contributed by atoms with E-state index < -0.39 is 0 Å². The van der Waals surface area contributed by atoms with Crippen LogP contribution in [0.15, 0.2) is 24.3 Å². The molecule has 1 aliphatic heterocycles. The molecule has 1 heterocycles. The van der Waals surface area contributed by atoms with Crippen LogP contribution in [-0.4, -0.2) is 25.6 Å². The number of nitrogens with one attached hydrogen (secondary N) is 2. The van der Waals surface area contributed by atoms with E-state index >= 15 is 0 Å². The Hall–Kier alpha value is -1.10. The number of amides is 1. The van der Waals surface area contributed by atoms with Crippen molar-refractivity contribution < 1.29 is 9.53 Å². The highest BCUT2D eigenvalue weighted by Crippen LogP contribution is 2.11. The molecule has 1 aromatic rings. The lowest BCUT2D eigenvalue weighted by Gasteiger charge is -2.26. The number of rotatable bonds is 6. The van der Waals surface area contributed by atoms with Gasteiger partial charge in [0.15, 0.2) is 0 Å². The number of carbonyl (C=O) groups excluding carboxylic acids is 1. The summed E-state index contributed by atoms with van der Waals surface area (Å²) in [6, 6.07) is 8.06. The molecule has 0 saturated carbocycles.